The highest BCUT2D eigenvalue weighted by atomic mass is 79.9. The first-order chi connectivity index (χ1) is 9.26. The molecular weight excluding hydrogens is 326 g/mol. The normalized spacial score (nSPS) is 12.4. The van der Waals surface area contributed by atoms with Crippen molar-refractivity contribution in [2.24, 2.45) is 0 Å². The second kappa shape index (κ2) is 6.74. The van der Waals surface area contributed by atoms with Crippen LogP contribution in [0.4, 0.5) is 4.79 Å². The van der Waals surface area contributed by atoms with E-state index in [1.54, 1.807) is 39.0 Å². The molecule has 0 aliphatic carbocycles. The fraction of sp³-hybridized carbons (Fsp3) is 0.429. The van der Waals surface area contributed by atoms with Crippen molar-refractivity contribution in [3.05, 3.63) is 28.2 Å². The van der Waals surface area contributed by atoms with Crippen LogP contribution in [0.3, 0.4) is 0 Å². The molecule has 1 aromatic carbocycles. The van der Waals surface area contributed by atoms with E-state index in [1.807, 2.05) is 0 Å². The average Bonchev–Trinajstić information content (AvgIpc) is 2.33. The molecule has 0 aromatic heterocycles. The summed E-state index contributed by atoms with van der Waals surface area (Å²) in [6, 6.07) is 4.39. The first-order valence-corrected chi connectivity index (χ1v) is 6.84. The molecule has 1 N–H and O–H groups in total. The van der Waals surface area contributed by atoms with Crippen LogP contribution in [-0.4, -0.2) is 25.1 Å². The van der Waals surface area contributed by atoms with Crippen molar-refractivity contribution in [2.75, 3.05) is 7.11 Å². The summed E-state index contributed by atoms with van der Waals surface area (Å²) in [6.45, 7) is 5.26. The van der Waals surface area contributed by atoms with Gasteiger partial charge in [0.15, 0.2) is 0 Å². The fourth-order valence-corrected chi connectivity index (χ4v) is 1.95. The maximum atomic E-state index is 11.7. The van der Waals surface area contributed by atoms with E-state index < -0.39 is 17.7 Å². The number of amides is 1. The van der Waals surface area contributed by atoms with Gasteiger partial charge in [0, 0.05) is 10.0 Å². The number of alkyl carbamates (subject to hydrolysis) is 1. The second-order valence-corrected chi connectivity index (χ2v) is 6.06. The number of ether oxygens (including phenoxy) is 2. The number of carbonyl (C=O) groups is 2. The number of methoxy groups -OCH3 is 1. The summed E-state index contributed by atoms with van der Waals surface area (Å²) < 4.78 is 11.1. The van der Waals surface area contributed by atoms with Crippen LogP contribution in [0.2, 0.25) is 0 Å². The summed E-state index contributed by atoms with van der Waals surface area (Å²) in [5.74, 6) is 0.515. The van der Waals surface area contributed by atoms with Gasteiger partial charge in [0.05, 0.1) is 7.11 Å². The summed E-state index contributed by atoms with van der Waals surface area (Å²) >= 11 is 3.32. The number of carbonyl (C=O) groups excluding carboxylic acids is 2. The lowest BCUT2D eigenvalue weighted by molar-refractivity contribution is -0.109. The Hall–Kier alpha value is -1.56. The van der Waals surface area contributed by atoms with Crippen molar-refractivity contribution in [3.8, 4) is 5.75 Å². The zero-order chi connectivity index (χ0) is 15.3. The SMILES string of the molecule is COc1ccc(Br)cc1C(C=O)NC(=O)OC(C)(C)C. The zero-order valence-corrected chi connectivity index (χ0v) is 13.5. The van der Waals surface area contributed by atoms with E-state index >= 15 is 0 Å². The Kier molecular flexibility index (Phi) is 5.56. The molecule has 0 aliphatic rings. The predicted molar refractivity (Wildman–Crippen MR) is 78.9 cm³/mol. The maximum Gasteiger partial charge on any atom is 0.408 e. The van der Waals surface area contributed by atoms with Crippen molar-refractivity contribution in [3.63, 3.8) is 0 Å². The molecule has 0 bridgehead atoms. The molecule has 0 radical (unpaired) electrons. The number of benzene rings is 1. The molecule has 1 amide bonds. The zero-order valence-electron chi connectivity index (χ0n) is 11.9. The van der Waals surface area contributed by atoms with Gasteiger partial charge in [-0.25, -0.2) is 4.79 Å². The molecular formula is C14H18BrNO4. The second-order valence-electron chi connectivity index (χ2n) is 5.15. The summed E-state index contributed by atoms with van der Waals surface area (Å²) in [4.78, 5) is 23.0. The minimum absolute atomic E-state index is 0.515. The van der Waals surface area contributed by atoms with Crippen LogP contribution in [0.1, 0.15) is 32.4 Å². The van der Waals surface area contributed by atoms with Crippen LogP contribution in [0.15, 0.2) is 22.7 Å². The fourth-order valence-electron chi connectivity index (χ4n) is 1.57. The first kappa shape index (κ1) is 16.5. The van der Waals surface area contributed by atoms with Gasteiger partial charge < -0.3 is 19.6 Å². The average molecular weight is 344 g/mol. The van der Waals surface area contributed by atoms with Crippen LogP contribution in [0.25, 0.3) is 0 Å². The number of hydrogen-bond donors (Lipinski definition) is 1. The number of halogens is 1. The van der Waals surface area contributed by atoms with Gasteiger partial charge in [0.25, 0.3) is 0 Å². The van der Waals surface area contributed by atoms with E-state index in [0.29, 0.717) is 17.6 Å². The molecule has 1 atom stereocenters. The van der Waals surface area contributed by atoms with Gasteiger partial charge in [-0.05, 0) is 39.0 Å². The Balaban J connectivity index is 2.94. The topological polar surface area (TPSA) is 64.6 Å². The van der Waals surface area contributed by atoms with Gasteiger partial charge in [-0.15, -0.1) is 0 Å². The van der Waals surface area contributed by atoms with E-state index in [2.05, 4.69) is 21.2 Å². The van der Waals surface area contributed by atoms with Gasteiger partial charge in [-0.2, -0.15) is 0 Å². The summed E-state index contributed by atoms with van der Waals surface area (Å²) in [5.41, 5.74) is -0.0680. The highest BCUT2D eigenvalue weighted by molar-refractivity contribution is 9.10. The molecule has 0 fully saturated rings. The lowest BCUT2D eigenvalue weighted by Crippen LogP contribution is -2.35. The summed E-state index contributed by atoms with van der Waals surface area (Å²) in [5, 5.41) is 2.51. The van der Waals surface area contributed by atoms with Gasteiger partial charge >= 0.3 is 6.09 Å². The van der Waals surface area contributed by atoms with Gasteiger partial charge in [-0.3, -0.25) is 0 Å². The molecule has 1 aromatic rings. The van der Waals surface area contributed by atoms with Gasteiger partial charge in [-0.1, -0.05) is 15.9 Å². The highest BCUT2D eigenvalue weighted by Crippen LogP contribution is 2.27. The minimum Gasteiger partial charge on any atom is -0.496 e. The van der Waals surface area contributed by atoms with Gasteiger partial charge in [0.2, 0.25) is 0 Å². The van der Waals surface area contributed by atoms with E-state index in [-0.39, 0.29) is 0 Å². The lowest BCUT2D eigenvalue weighted by atomic mass is 10.1. The van der Waals surface area contributed by atoms with Crippen LogP contribution < -0.4 is 10.1 Å². The van der Waals surface area contributed by atoms with Crippen molar-refractivity contribution in [2.45, 2.75) is 32.4 Å². The number of rotatable bonds is 4. The molecule has 20 heavy (non-hydrogen) atoms. The molecule has 5 nitrogen and oxygen atoms in total. The third-order valence-corrected chi connectivity index (χ3v) is 2.83. The predicted octanol–water partition coefficient (Wildman–Crippen LogP) is 3.22. The largest absolute Gasteiger partial charge is 0.496 e. The quantitative estimate of drug-likeness (QED) is 0.852. The number of hydrogen-bond acceptors (Lipinski definition) is 4. The molecule has 1 unspecified atom stereocenters. The molecule has 1 rings (SSSR count). The molecule has 0 aliphatic heterocycles. The Bertz CT molecular complexity index is 496. The van der Waals surface area contributed by atoms with E-state index in [1.165, 1.54) is 7.11 Å². The molecule has 0 saturated heterocycles. The van der Waals surface area contributed by atoms with Crippen LogP contribution in [0.5, 0.6) is 5.75 Å². The Labute approximate surface area is 126 Å². The van der Waals surface area contributed by atoms with Crippen LogP contribution >= 0.6 is 15.9 Å². The van der Waals surface area contributed by atoms with Crippen molar-refractivity contribution in [1.82, 2.24) is 5.32 Å². The third kappa shape index (κ3) is 4.85. The molecule has 0 saturated carbocycles. The maximum absolute atomic E-state index is 11.7. The Morgan fingerprint density at radius 2 is 2.05 bits per heavy atom. The van der Waals surface area contributed by atoms with E-state index in [0.717, 1.165) is 4.47 Å². The standard InChI is InChI=1S/C14H18BrNO4/c1-14(2,3)20-13(18)16-11(8-17)10-7-9(15)5-6-12(10)19-4/h5-8,11H,1-4H3,(H,16,18). The molecule has 0 spiro atoms. The molecule has 110 valence electrons. The van der Waals surface area contributed by atoms with Crippen LogP contribution in [0, 0.1) is 0 Å². The van der Waals surface area contributed by atoms with Gasteiger partial charge in [0.1, 0.15) is 23.7 Å². The van der Waals surface area contributed by atoms with Crippen molar-refractivity contribution >= 4 is 28.3 Å². The third-order valence-electron chi connectivity index (χ3n) is 2.34. The first-order valence-electron chi connectivity index (χ1n) is 6.05. The van der Waals surface area contributed by atoms with Crippen molar-refractivity contribution in [1.29, 1.82) is 0 Å². The highest BCUT2D eigenvalue weighted by Gasteiger charge is 2.22. The van der Waals surface area contributed by atoms with E-state index in [4.69, 9.17) is 9.47 Å². The van der Waals surface area contributed by atoms with Crippen LogP contribution in [-0.2, 0) is 9.53 Å². The number of aldehydes is 1. The van der Waals surface area contributed by atoms with E-state index in [9.17, 15) is 9.59 Å². The summed E-state index contributed by atoms with van der Waals surface area (Å²) in [7, 11) is 1.50. The molecule has 0 heterocycles. The molecule has 6 heteroatoms. The Morgan fingerprint density at radius 1 is 1.40 bits per heavy atom. The number of nitrogens with one attached hydrogen (secondary N) is 1. The summed E-state index contributed by atoms with van der Waals surface area (Å²) in [6.07, 6.45) is -0.0228. The minimum atomic E-state index is -0.836. The Morgan fingerprint density at radius 3 is 2.55 bits per heavy atom. The monoisotopic (exact) mass is 343 g/mol. The van der Waals surface area contributed by atoms with Crippen molar-refractivity contribution < 1.29 is 19.1 Å². The smallest absolute Gasteiger partial charge is 0.408 e. The lowest BCUT2D eigenvalue weighted by Gasteiger charge is -2.22.